The lowest BCUT2D eigenvalue weighted by atomic mass is 9.96. The highest BCUT2D eigenvalue weighted by Gasteiger charge is 2.30. The summed E-state index contributed by atoms with van der Waals surface area (Å²) in [5, 5.41) is 11.5. The van der Waals surface area contributed by atoms with Crippen LogP contribution in [0, 0.1) is 0 Å². The van der Waals surface area contributed by atoms with E-state index < -0.39 is 0 Å². The molecule has 0 spiro atoms. The first-order valence-corrected chi connectivity index (χ1v) is 8.60. The zero-order valence-electron chi connectivity index (χ0n) is 13.7. The van der Waals surface area contributed by atoms with Crippen LogP contribution in [0.25, 0.3) is 0 Å². The normalized spacial score (nSPS) is 23.2. The van der Waals surface area contributed by atoms with Crippen molar-refractivity contribution in [1.29, 1.82) is 0 Å². The van der Waals surface area contributed by atoms with Crippen molar-refractivity contribution in [2.45, 2.75) is 70.4 Å². The van der Waals surface area contributed by atoms with Crippen LogP contribution in [0.5, 0.6) is 0 Å². The summed E-state index contributed by atoms with van der Waals surface area (Å²) in [5.74, 6) is 1.37. The molecule has 0 bridgehead atoms. The molecule has 1 saturated heterocycles. The monoisotopic (exact) mass is 305 g/mol. The summed E-state index contributed by atoms with van der Waals surface area (Å²) < 4.78 is 2.15. The van der Waals surface area contributed by atoms with Gasteiger partial charge in [0.1, 0.15) is 12.2 Å². The molecular formula is C16H27N5O. The summed E-state index contributed by atoms with van der Waals surface area (Å²) in [6, 6.07) is 0.791. The standard InChI is InChI=1S/C16H27N5O/c1-12(2)15-19-17-11-21(15)14-8-9-20(10-14)16(22)18-13-6-4-3-5-7-13/h11-14H,3-10H2,1-2H3,(H,18,22). The molecule has 22 heavy (non-hydrogen) atoms. The minimum Gasteiger partial charge on any atom is -0.335 e. The van der Waals surface area contributed by atoms with Gasteiger partial charge in [0, 0.05) is 25.0 Å². The molecule has 2 fully saturated rings. The number of hydrogen-bond donors (Lipinski definition) is 1. The third-order valence-electron chi connectivity index (χ3n) is 4.89. The fourth-order valence-corrected chi connectivity index (χ4v) is 3.61. The number of rotatable bonds is 3. The van der Waals surface area contributed by atoms with Gasteiger partial charge in [-0.25, -0.2) is 4.79 Å². The lowest BCUT2D eigenvalue weighted by Crippen LogP contribution is -2.44. The van der Waals surface area contributed by atoms with Crippen molar-refractivity contribution in [1.82, 2.24) is 25.0 Å². The van der Waals surface area contributed by atoms with E-state index in [0.29, 0.717) is 18.0 Å². The molecular weight excluding hydrogens is 278 g/mol. The smallest absolute Gasteiger partial charge is 0.317 e. The second-order valence-electron chi connectivity index (χ2n) is 6.92. The number of carbonyl (C=O) groups excluding carboxylic acids is 1. The highest BCUT2D eigenvalue weighted by molar-refractivity contribution is 5.74. The SMILES string of the molecule is CC(C)c1nncn1C1CCN(C(=O)NC2CCCCC2)C1. The fraction of sp³-hybridized carbons (Fsp3) is 0.812. The van der Waals surface area contributed by atoms with Crippen LogP contribution in [0.1, 0.15) is 70.2 Å². The molecule has 122 valence electrons. The summed E-state index contributed by atoms with van der Waals surface area (Å²) in [7, 11) is 0. The molecule has 0 aromatic carbocycles. The molecule has 1 aliphatic carbocycles. The van der Waals surface area contributed by atoms with E-state index in [0.717, 1.165) is 38.2 Å². The third-order valence-corrected chi connectivity index (χ3v) is 4.89. The average molecular weight is 305 g/mol. The summed E-state index contributed by atoms with van der Waals surface area (Å²) in [5.41, 5.74) is 0. The average Bonchev–Trinajstić information content (AvgIpc) is 3.17. The number of amides is 2. The van der Waals surface area contributed by atoms with Crippen LogP contribution in [0.15, 0.2) is 6.33 Å². The van der Waals surface area contributed by atoms with E-state index in [1.54, 1.807) is 0 Å². The van der Waals surface area contributed by atoms with Gasteiger partial charge in [-0.15, -0.1) is 10.2 Å². The quantitative estimate of drug-likeness (QED) is 0.934. The Morgan fingerprint density at radius 1 is 1.27 bits per heavy atom. The summed E-state index contributed by atoms with van der Waals surface area (Å²) in [4.78, 5) is 14.4. The van der Waals surface area contributed by atoms with Crippen molar-refractivity contribution in [2.24, 2.45) is 0 Å². The van der Waals surface area contributed by atoms with Crippen LogP contribution >= 0.6 is 0 Å². The van der Waals surface area contributed by atoms with Crippen molar-refractivity contribution in [3.63, 3.8) is 0 Å². The fourth-order valence-electron chi connectivity index (χ4n) is 3.61. The second-order valence-corrected chi connectivity index (χ2v) is 6.92. The number of aromatic nitrogens is 3. The molecule has 2 amide bonds. The zero-order valence-corrected chi connectivity index (χ0v) is 13.7. The van der Waals surface area contributed by atoms with Crippen molar-refractivity contribution in [2.75, 3.05) is 13.1 Å². The van der Waals surface area contributed by atoms with Gasteiger partial charge in [-0.1, -0.05) is 33.1 Å². The van der Waals surface area contributed by atoms with Crippen LogP contribution < -0.4 is 5.32 Å². The van der Waals surface area contributed by atoms with Gasteiger partial charge in [0.2, 0.25) is 0 Å². The second kappa shape index (κ2) is 6.67. The van der Waals surface area contributed by atoms with Gasteiger partial charge in [0.15, 0.2) is 0 Å². The molecule has 1 saturated carbocycles. The van der Waals surface area contributed by atoms with E-state index >= 15 is 0 Å². The van der Waals surface area contributed by atoms with E-state index in [4.69, 9.17) is 0 Å². The molecule has 0 radical (unpaired) electrons. The highest BCUT2D eigenvalue weighted by Crippen LogP contribution is 2.25. The Morgan fingerprint density at radius 2 is 2.05 bits per heavy atom. The summed E-state index contributed by atoms with van der Waals surface area (Å²) in [6.07, 6.45) is 8.85. The predicted octanol–water partition coefficient (Wildman–Crippen LogP) is 2.69. The van der Waals surface area contributed by atoms with Crippen LogP contribution in [-0.2, 0) is 0 Å². The van der Waals surface area contributed by atoms with E-state index in [2.05, 4.69) is 33.9 Å². The van der Waals surface area contributed by atoms with E-state index in [-0.39, 0.29) is 6.03 Å². The van der Waals surface area contributed by atoms with Gasteiger partial charge >= 0.3 is 6.03 Å². The topological polar surface area (TPSA) is 63.1 Å². The highest BCUT2D eigenvalue weighted by atomic mass is 16.2. The van der Waals surface area contributed by atoms with Gasteiger partial charge in [0.25, 0.3) is 0 Å². The molecule has 3 rings (SSSR count). The van der Waals surface area contributed by atoms with Gasteiger partial charge in [-0.2, -0.15) is 0 Å². The number of nitrogens with one attached hydrogen (secondary N) is 1. The van der Waals surface area contributed by atoms with E-state index in [1.807, 2.05) is 11.2 Å². The number of carbonyl (C=O) groups is 1. The molecule has 6 nitrogen and oxygen atoms in total. The Bertz CT molecular complexity index is 506. The predicted molar refractivity (Wildman–Crippen MR) is 84.7 cm³/mol. The van der Waals surface area contributed by atoms with Gasteiger partial charge in [-0.05, 0) is 19.3 Å². The van der Waals surface area contributed by atoms with E-state index in [1.165, 1.54) is 19.3 Å². The number of hydrogen-bond acceptors (Lipinski definition) is 3. The molecule has 1 N–H and O–H groups in total. The lowest BCUT2D eigenvalue weighted by molar-refractivity contribution is 0.199. The van der Waals surface area contributed by atoms with Crippen LogP contribution in [0.2, 0.25) is 0 Å². The Kier molecular flexibility index (Phi) is 4.64. The minimum absolute atomic E-state index is 0.105. The van der Waals surface area contributed by atoms with Gasteiger partial charge in [-0.3, -0.25) is 0 Å². The molecule has 1 aromatic rings. The molecule has 1 aliphatic heterocycles. The maximum absolute atomic E-state index is 12.4. The van der Waals surface area contributed by atoms with Crippen molar-refractivity contribution in [3.05, 3.63) is 12.2 Å². The molecule has 1 atom stereocenters. The first-order chi connectivity index (χ1) is 10.6. The van der Waals surface area contributed by atoms with Crippen LogP contribution in [0.3, 0.4) is 0 Å². The van der Waals surface area contributed by atoms with Crippen LogP contribution in [0.4, 0.5) is 4.79 Å². The summed E-state index contributed by atoms with van der Waals surface area (Å²) in [6.45, 7) is 5.83. The largest absolute Gasteiger partial charge is 0.335 e. The Balaban J connectivity index is 1.57. The number of urea groups is 1. The van der Waals surface area contributed by atoms with E-state index in [9.17, 15) is 4.79 Å². The molecule has 2 aliphatic rings. The number of nitrogens with zero attached hydrogens (tertiary/aromatic N) is 4. The summed E-state index contributed by atoms with van der Waals surface area (Å²) >= 11 is 0. The first-order valence-electron chi connectivity index (χ1n) is 8.60. The van der Waals surface area contributed by atoms with Gasteiger partial charge in [0.05, 0.1) is 6.04 Å². The molecule has 2 heterocycles. The van der Waals surface area contributed by atoms with Crippen LogP contribution in [-0.4, -0.2) is 44.8 Å². The minimum atomic E-state index is 0.105. The maximum Gasteiger partial charge on any atom is 0.317 e. The third kappa shape index (κ3) is 3.25. The van der Waals surface area contributed by atoms with Crippen molar-refractivity contribution < 1.29 is 4.79 Å². The molecule has 1 aromatic heterocycles. The first kappa shape index (κ1) is 15.3. The molecule has 1 unspecified atom stereocenters. The Labute approximate surface area is 132 Å². The Hall–Kier alpha value is -1.59. The zero-order chi connectivity index (χ0) is 15.5. The van der Waals surface area contributed by atoms with Crippen molar-refractivity contribution in [3.8, 4) is 0 Å². The molecule has 6 heteroatoms. The lowest BCUT2D eigenvalue weighted by Gasteiger charge is -2.26. The maximum atomic E-state index is 12.4. The van der Waals surface area contributed by atoms with Gasteiger partial charge < -0.3 is 14.8 Å². The number of likely N-dealkylation sites (tertiary alicyclic amines) is 1. The Morgan fingerprint density at radius 3 is 2.77 bits per heavy atom. The van der Waals surface area contributed by atoms with Crippen molar-refractivity contribution >= 4 is 6.03 Å².